The monoisotopic (exact) mass is 447 g/mol. The Morgan fingerprint density at radius 2 is 2.03 bits per heavy atom. The van der Waals surface area contributed by atoms with E-state index in [0.29, 0.717) is 31.2 Å². The fourth-order valence-corrected chi connectivity index (χ4v) is 5.50. The van der Waals surface area contributed by atoms with E-state index in [2.05, 4.69) is 51.5 Å². The Hall–Kier alpha value is -3.10. The highest BCUT2D eigenvalue weighted by Crippen LogP contribution is 2.44. The third-order valence-corrected chi connectivity index (χ3v) is 7.35. The molecule has 2 aromatic heterocycles. The van der Waals surface area contributed by atoms with Gasteiger partial charge in [-0.05, 0) is 55.4 Å². The van der Waals surface area contributed by atoms with Crippen LogP contribution in [-0.4, -0.2) is 34.1 Å². The Morgan fingerprint density at radius 1 is 1.25 bits per heavy atom. The van der Waals surface area contributed by atoms with E-state index >= 15 is 0 Å². The summed E-state index contributed by atoms with van der Waals surface area (Å²) >= 11 is 1.52. The number of ether oxygens (including phenoxy) is 1. The second kappa shape index (κ2) is 8.44. The zero-order valence-electron chi connectivity index (χ0n) is 17.9. The Kier molecular flexibility index (Phi) is 5.48. The molecule has 0 spiro atoms. The van der Waals surface area contributed by atoms with Crippen LogP contribution >= 0.6 is 11.3 Å². The van der Waals surface area contributed by atoms with Gasteiger partial charge in [0, 0.05) is 31.2 Å². The van der Waals surface area contributed by atoms with Gasteiger partial charge in [-0.1, -0.05) is 35.6 Å². The number of benzene rings is 1. The third-order valence-electron chi connectivity index (χ3n) is 6.42. The number of nitrogens with zero attached hydrogens (tertiary/aromatic N) is 3. The molecule has 7 nitrogen and oxygen atoms in total. The highest BCUT2D eigenvalue weighted by Gasteiger charge is 2.46. The van der Waals surface area contributed by atoms with E-state index < -0.39 is 5.41 Å². The molecule has 1 aliphatic heterocycles. The van der Waals surface area contributed by atoms with Gasteiger partial charge in [0.2, 0.25) is 11.9 Å². The predicted molar refractivity (Wildman–Crippen MR) is 127 cm³/mol. The summed E-state index contributed by atoms with van der Waals surface area (Å²) in [6.07, 6.45) is 12.0. The maximum atomic E-state index is 13.6. The molecule has 0 saturated carbocycles. The zero-order chi connectivity index (χ0) is 22.1. The number of nitrogen functional groups attached to an aromatic ring is 1. The summed E-state index contributed by atoms with van der Waals surface area (Å²) in [6.45, 7) is 3.22. The van der Waals surface area contributed by atoms with Crippen molar-refractivity contribution in [3.05, 3.63) is 59.9 Å². The van der Waals surface area contributed by atoms with Crippen LogP contribution in [0.25, 0.3) is 15.8 Å². The summed E-state index contributed by atoms with van der Waals surface area (Å²) in [6, 6.07) is 6.14. The van der Waals surface area contributed by atoms with Crippen molar-refractivity contribution in [3.63, 3.8) is 0 Å². The quantitative estimate of drug-likeness (QED) is 0.616. The Morgan fingerprint density at radius 3 is 2.75 bits per heavy atom. The average Bonchev–Trinajstić information content (AvgIpc) is 3.21. The largest absolute Gasteiger partial charge is 0.381 e. The fraction of sp³-hybridized carbons (Fsp3) is 0.333. The number of fused-ring (bicyclic) bond motifs is 1. The molecule has 164 valence electrons. The van der Waals surface area contributed by atoms with Crippen LogP contribution in [0.5, 0.6) is 0 Å². The lowest BCUT2D eigenvalue weighted by Crippen LogP contribution is -2.46. The van der Waals surface area contributed by atoms with Crippen LogP contribution < -0.4 is 11.1 Å². The van der Waals surface area contributed by atoms with Crippen molar-refractivity contribution in [1.29, 1.82) is 0 Å². The van der Waals surface area contributed by atoms with Crippen molar-refractivity contribution in [2.75, 3.05) is 24.3 Å². The van der Waals surface area contributed by atoms with Crippen molar-refractivity contribution in [2.24, 2.45) is 11.3 Å². The number of carbonyl (C=O) groups is 1. The van der Waals surface area contributed by atoms with Crippen LogP contribution in [0, 0.1) is 18.3 Å². The van der Waals surface area contributed by atoms with E-state index in [9.17, 15) is 4.79 Å². The number of rotatable bonds is 4. The van der Waals surface area contributed by atoms with E-state index in [1.807, 2.05) is 12.1 Å². The first kappa shape index (κ1) is 20.8. The molecule has 1 atom stereocenters. The lowest BCUT2D eigenvalue weighted by Gasteiger charge is -2.41. The third kappa shape index (κ3) is 3.91. The van der Waals surface area contributed by atoms with Crippen molar-refractivity contribution in [3.8, 4) is 0 Å². The van der Waals surface area contributed by atoms with Gasteiger partial charge < -0.3 is 15.8 Å². The molecule has 1 aromatic carbocycles. The lowest BCUT2D eigenvalue weighted by molar-refractivity contribution is -0.134. The molecule has 8 heteroatoms. The van der Waals surface area contributed by atoms with E-state index in [1.54, 1.807) is 12.4 Å². The number of aryl methyl sites for hydroxylation is 1. The molecule has 32 heavy (non-hydrogen) atoms. The number of amides is 1. The Labute approximate surface area is 190 Å². The fourth-order valence-electron chi connectivity index (χ4n) is 4.54. The van der Waals surface area contributed by atoms with E-state index in [4.69, 9.17) is 10.5 Å². The summed E-state index contributed by atoms with van der Waals surface area (Å²) in [5.74, 6) is 0.371. The number of hydrogen-bond donors (Lipinski definition) is 2. The van der Waals surface area contributed by atoms with Gasteiger partial charge >= 0.3 is 0 Å². The van der Waals surface area contributed by atoms with E-state index in [0.717, 1.165) is 27.8 Å². The van der Waals surface area contributed by atoms with E-state index in [1.165, 1.54) is 16.9 Å². The summed E-state index contributed by atoms with van der Waals surface area (Å²) in [7, 11) is 0. The van der Waals surface area contributed by atoms with Gasteiger partial charge in [0.15, 0.2) is 5.13 Å². The topological polar surface area (TPSA) is 103 Å². The maximum Gasteiger partial charge on any atom is 0.233 e. The van der Waals surface area contributed by atoms with Gasteiger partial charge in [0.25, 0.3) is 0 Å². The van der Waals surface area contributed by atoms with E-state index in [-0.39, 0.29) is 17.8 Å². The first-order chi connectivity index (χ1) is 15.5. The van der Waals surface area contributed by atoms with Crippen LogP contribution in [0.4, 0.5) is 11.1 Å². The molecule has 1 saturated heterocycles. The first-order valence-corrected chi connectivity index (χ1v) is 11.6. The minimum Gasteiger partial charge on any atom is -0.381 e. The minimum absolute atomic E-state index is 0.0268. The second-order valence-electron chi connectivity index (χ2n) is 8.40. The zero-order valence-corrected chi connectivity index (χ0v) is 18.7. The molecule has 1 aliphatic carbocycles. The summed E-state index contributed by atoms with van der Waals surface area (Å²) in [5.41, 5.74) is 9.13. The van der Waals surface area contributed by atoms with Crippen molar-refractivity contribution >= 4 is 44.1 Å². The molecule has 3 aromatic rings. The molecular weight excluding hydrogens is 422 g/mol. The highest BCUT2D eigenvalue weighted by atomic mass is 32.1. The van der Waals surface area contributed by atoms with Gasteiger partial charge in [-0.25, -0.2) is 15.0 Å². The number of aromatic nitrogens is 3. The number of thiazole rings is 1. The smallest absolute Gasteiger partial charge is 0.233 e. The molecular formula is C24H25N5O2S. The normalized spacial score (nSPS) is 20.2. The molecule has 1 unspecified atom stereocenters. The van der Waals surface area contributed by atoms with Crippen LogP contribution in [0.1, 0.15) is 30.4 Å². The number of nitrogens with two attached hydrogens (primary N) is 1. The minimum atomic E-state index is -0.526. The number of carbonyl (C=O) groups excluding carboxylic acids is 1. The summed E-state index contributed by atoms with van der Waals surface area (Å²) in [5, 5.41) is 3.78. The van der Waals surface area contributed by atoms with Gasteiger partial charge in [-0.3, -0.25) is 4.79 Å². The first-order valence-electron chi connectivity index (χ1n) is 10.8. The second-order valence-corrected chi connectivity index (χ2v) is 9.43. The van der Waals surface area contributed by atoms with Gasteiger partial charge in [-0.15, -0.1) is 0 Å². The molecule has 2 aliphatic rings. The lowest BCUT2D eigenvalue weighted by atomic mass is 9.66. The number of allylic oxidation sites excluding steroid dienone is 4. The van der Waals surface area contributed by atoms with Crippen LogP contribution in [0.2, 0.25) is 0 Å². The van der Waals surface area contributed by atoms with Crippen molar-refractivity contribution < 1.29 is 9.53 Å². The van der Waals surface area contributed by atoms with Crippen molar-refractivity contribution in [2.45, 2.75) is 26.2 Å². The molecule has 5 rings (SSSR count). The molecule has 1 fully saturated rings. The molecule has 1 amide bonds. The van der Waals surface area contributed by atoms with Crippen molar-refractivity contribution in [1.82, 2.24) is 15.0 Å². The standard InChI is InChI=1S/C24H25N5O2S/c1-15-2-7-19-20(12-15)32-23(28-19)29-21(30)24(8-10-31-11-9-24)18-5-3-16(4-6-18)17-13-26-22(25)27-14-17/h2-5,7,12-14,18H,6,8-11H2,1H3,(H2,25,26,27)(H,28,29,30). The number of nitrogens with one attached hydrogen (secondary N) is 1. The van der Waals surface area contributed by atoms with Gasteiger partial charge in [0.1, 0.15) is 0 Å². The molecule has 3 heterocycles. The Bertz CT molecular complexity index is 1210. The van der Waals surface area contributed by atoms with Crippen LogP contribution in [0.15, 0.2) is 48.8 Å². The SMILES string of the molecule is Cc1ccc2nc(NC(=O)C3(C4C=CC(c5cnc(N)nc5)=CC4)CCOCC3)sc2c1. The van der Waals surface area contributed by atoms with Gasteiger partial charge in [0.05, 0.1) is 15.6 Å². The van der Waals surface area contributed by atoms with Crippen LogP contribution in [-0.2, 0) is 9.53 Å². The Balaban J connectivity index is 1.38. The number of anilines is 2. The summed E-state index contributed by atoms with van der Waals surface area (Å²) < 4.78 is 6.70. The van der Waals surface area contributed by atoms with Gasteiger partial charge in [-0.2, -0.15) is 0 Å². The summed E-state index contributed by atoms with van der Waals surface area (Å²) in [4.78, 5) is 26.4. The number of hydrogen-bond acceptors (Lipinski definition) is 7. The average molecular weight is 448 g/mol. The highest BCUT2D eigenvalue weighted by molar-refractivity contribution is 7.22. The molecule has 0 bridgehead atoms. The predicted octanol–water partition coefficient (Wildman–Crippen LogP) is 4.37. The van der Waals surface area contributed by atoms with Crippen LogP contribution in [0.3, 0.4) is 0 Å². The molecule has 0 radical (unpaired) electrons. The molecule has 3 N–H and O–H groups in total. The maximum absolute atomic E-state index is 13.6.